The van der Waals surface area contributed by atoms with Crippen molar-refractivity contribution in [2.75, 3.05) is 13.7 Å². The van der Waals surface area contributed by atoms with Crippen LogP contribution in [0.5, 0.6) is 0 Å². The standard InChI is InChI=1S/C10H12N2O3/c1-14-10(13)12-5-4-7-2-3-8(6-11)15-9(7)12/h3,7,9H,2,4-5H2,1H3/t7-,9-/m1/s1. The van der Waals surface area contributed by atoms with Crippen molar-refractivity contribution in [2.24, 2.45) is 5.92 Å². The van der Waals surface area contributed by atoms with Crippen LogP contribution in [-0.4, -0.2) is 30.9 Å². The number of nitrogens with zero attached hydrogens (tertiary/aromatic N) is 2. The molecule has 0 radical (unpaired) electrons. The van der Waals surface area contributed by atoms with Crippen LogP contribution < -0.4 is 0 Å². The summed E-state index contributed by atoms with van der Waals surface area (Å²) in [6.07, 6.45) is 2.76. The van der Waals surface area contributed by atoms with E-state index in [1.807, 2.05) is 6.07 Å². The molecule has 0 aromatic heterocycles. The van der Waals surface area contributed by atoms with Crippen molar-refractivity contribution in [3.63, 3.8) is 0 Å². The molecule has 2 heterocycles. The van der Waals surface area contributed by atoms with E-state index >= 15 is 0 Å². The van der Waals surface area contributed by atoms with E-state index in [2.05, 4.69) is 4.74 Å². The number of rotatable bonds is 0. The molecule has 2 aliphatic heterocycles. The Bertz CT molecular complexity index is 345. The molecule has 1 amide bonds. The molecule has 5 heteroatoms. The number of fused-ring (bicyclic) bond motifs is 1. The van der Waals surface area contributed by atoms with Crippen molar-refractivity contribution < 1.29 is 14.3 Å². The van der Waals surface area contributed by atoms with E-state index in [1.54, 1.807) is 6.08 Å². The summed E-state index contributed by atoms with van der Waals surface area (Å²) in [5.74, 6) is 0.591. The van der Waals surface area contributed by atoms with Gasteiger partial charge in [0.1, 0.15) is 6.07 Å². The molecule has 0 aromatic carbocycles. The Morgan fingerprint density at radius 1 is 1.80 bits per heavy atom. The summed E-state index contributed by atoms with van der Waals surface area (Å²) in [6.45, 7) is 0.633. The molecule has 2 aliphatic rings. The second-order valence-corrected chi connectivity index (χ2v) is 3.64. The number of nitriles is 1. The Kier molecular flexibility index (Phi) is 2.50. The van der Waals surface area contributed by atoms with Crippen molar-refractivity contribution in [2.45, 2.75) is 19.1 Å². The highest BCUT2D eigenvalue weighted by Gasteiger charge is 2.41. The zero-order valence-corrected chi connectivity index (χ0v) is 8.47. The average Bonchev–Trinajstić information content (AvgIpc) is 2.70. The fourth-order valence-corrected chi connectivity index (χ4v) is 2.04. The van der Waals surface area contributed by atoms with E-state index in [9.17, 15) is 4.79 Å². The van der Waals surface area contributed by atoms with Crippen LogP contribution >= 0.6 is 0 Å². The maximum atomic E-state index is 11.4. The van der Waals surface area contributed by atoms with Gasteiger partial charge in [0.05, 0.1) is 7.11 Å². The third-order valence-electron chi connectivity index (χ3n) is 2.82. The van der Waals surface area contributed by atoms with Crippen LogP contribution in [0.25, 0.3) is 0 Å². The third-order valence-corrected chi connectivity index (χ3v) is 2.82. The summed E-state index contributed by atoms with van der Waals surface area (Å²) in [6, 6.07) is 1.95. The predicted molar refractivity (Wildman–Crippen MR) is 50.4 cm³/mol. The lowest BCUT2D eigenvalue weighted by Crippen LogP contribution is -2.40. The van der Waals surface area contributed by atoms with E-state index < -0.39 is 0 Å². The number of carbonyl (C=O) groups excluding carboxylic acids is 1. The molecular formula is C10H12N2O3. The molecular weight excluding hydrogens is 196 g/mol. The highest BCUT2D eigenvalue weighted by atomic mass is 16.6. The van der Waals surface area contributed by atoms with Crippen LogP contribution in [0.15, 0.2) is 11.8 Å². The first-order chi connectivity index (χ1) is 7.26. The Morgan fingerprint density at radius 2 is 2.60 bits per heavy atom. The summed E-state index contributed by atoms with van der Waals surface area (Å²) < 4.78 is 10.1. The fraction of sp³-hybridized carbons (Fsp3) is 0.600. The summed E-state index contributed by atoms with van der Waals surface area (Å²) >= 11 is 0. The minimum Gasteiger partial charge on any atom is -0.460 e. The van der Waals surface area contributed by atoms with Gasteiger partial charge in [0.15, 0.2) is 12.0 Å². The predicted octanol–water partition coefficient (Wildman–Crippen LogP) is 1.23. The highest BCUT2D eigenvalue weighted by molar-refractivity contribution is 5.68. The van der Waals surface area contributed by atoms with Gasteiger partial charge in [-0.2, -0.15) is 5.26 Å². The molecule has 0 spiro atoms. The number of allylic oxidation sites excluding steroid dienone is 2. The van der Waals surface area contributed by atoms with E-state index in [4.69, 9.17) is 10.00 Å². The first kappa shape index (κ1) is 9.84. The van der Waals surface area contributed by atoms with Gasteiger partial charge in [-0.1, -0.05) is 0 Å². The topological polar surface area (TPSA) is 62.6 Å². The summed E-state index contributed by atoms with van der Waals surface area (Å²) in [5, 5.41) is 8.72. The normalized spacial score (nSPS) is 28.5. The molecule has 80 valence electrons. The quantitative estimate of drug-likeness (QED) is 0.600. The Balaban J connectivity index is 2.12. The molecule has 1 saturated heterocycles. The SMILES string of the molecule is COC(=O)N1CC[C@H]2CC=C(C#N)O[C@H]21. The zero-order valence-electron chi connectivity index (χ0n) is 8.47. The number of hydrogen-bond acceptors (Lipinski definition) is 4. The maximum absolute atomic E-state index is 11.4. The van der Waals surface area contributed by atoms with Gasteiger partial charge in [-0.25, -0.2) is 4.79 Å². The molecule has 15 heavy (non-hydrogen) atoms. The van der Waals surface area contributed by atoms with Crippen LogP contribution in [0.4, 0.5) is 4.79 Å². The first-order valence-corrected chi connectivity index (χ1v) is 4.87. The molecule has 5 nitrogen and oxygen atoms in total. The van der Waals surface area contributed by atoms with Gasteiger partial charge in [-0.15, -0.1) is 0 Å². The number of ether oxygens (including phenoxy) is 2. The lowest BCUT2D eigenvalue weighted by molar-refractivity contribution is -0.0190. The zero-order chi connectivity index (χ0) is 10.8. The second kappa shape index (κ2) is 3.81. The monoisotopic (exact) mass is 208 g/mol. The van der Waals surface area contributed by atoms with Crippen molar-refractivity contribution in [1.82, 2.24) is 4.90 Å². The maximum Gasteiger partial charge on any atom is 0.412 e. The molecule has 2 rings (SSSR count). The largest absolute Gasteiger partial charge is 0.460 e. The van der Waals surface area contributed by atoms with Gasteiger partial charge in [0, 0.05) is 12.5 Å². The smallest absolute Gasteiger partial charge is 0.412 e. The van der Waals surface area contributed by atoms with E-state index in [0.717, 1.165) is 12.8 Å². The van der Waals surface area contributed by atoms with Crippen molar-refractivity contribution in [3.05, 3.63) is 11.8 Å². The van der Waals surface area contributed by atoms with Crippen LogP contribution in [0.3, 0.4) is 0 Å². The Hall–Kier alpha value is -1.70. The van der Waals surface area contributed by atoms with Crippen LogP contribution in [0, 0.1) is 17.2 Å². The summed E-state index contributed by atoms with van der Waals surface area (Å²) in [5.41, 5.74) is 0. The summed E-state index contributed by atoms with van der Waals surface area (Å²) in [4.78, 5) is 12.9. The van der Waals surface area contributed by atoms with Gasteiger partial charge < -0.3 is 9.47 Å². The highest BCUT2D eigenvalue weighted by Crippen LogP contribution is 2.33. The number of carbonyl (C=O) groups is 1. The Labute approximate surface area is 87.9 Å². The summed E-state index contributed by atoms with van der Waals surface area (Å²) in [7, 11) is 1.35. The molecule has 0 saturated carbocycles. The van der Waals surface area contributed by atoms with Gasteiger partial charge in [0.25, 0.3) is 0 Å². The number of amides is 1. The lowest BCUT2D eigenvalue weighted by Gasteiger charge is -2.29. The Morgan fingerprint density at radius 3 is 3.27 bits per heavy atom. The number of likely N-dealkylation sites (tertiary alicyclic amines) is 1. The molecule has 0 aliphatic carbocycles. The second-order valence-electron chi connectivity index (χ2n) is 3.64. The third kappa shape index (κ3) is 1.63. The van der Waals surface area contributed by atoms with Crippen molar-refractivity contribution in [1.29, 1.82) is 5.26 Å². The number of methoxy groups -OCH3 is 1. The van der Waals surface area contributed by atoms with Crippen LogP contribution in [0.1, 0.15) is 12.8 Å². The first-order valence-electron chi connectivity index (χ1n) is 4.87. The van der Waals surface area contributed by atoms with Crippen molar-refractivity contribution in [3.8, 4) is 6.07 Å². The fourth-order valence-electron chi connectivity index (χ4n) is 2.04. The van der Waals surface area contributed by atoms with E-state index in [0.29, 0.717) is 18.2 Å². The van der Waals surface area contributed by atoms with Crippen LogP contribution in [0.2, 0.25) is 0 Å². The van der Waals surface area contributed by atoms with Crippen molar-refractivity contribution >= 4 is 6.09 Å². The van der Waals surface area contributed by atoms with Gasteiger partial charge >= 0.3 is 6.09 Å². The van der Waals surface area contributed by atoms with Gasteiger partial charge in [0.2, 0.25) is 0 Å². The molecule has 1 fully saturated rings. The van der Waals surface area contributed by atoms with Gasteiger partial charge in [-0.05, 0) is 18.9 Å². The molecule has 0 N–H and O–H groups in total. The minimum atomic E-state index is -0.387. The average molecular weight is 208 g/mol. The molecule has 2 atom stereocenters. The number of hydrogen-bond donors (Lipinski definition) is 0. The minimum absolute atomic E-state index is 0.293. The molecule has 0 aromatic rings. The molecule has 0 unspecified atom stereocenters. The van der Waals surface area contributed by atoms with E-state index in [-0.39, 0.29) is 12.3 Å². The molecule has 0 bridgehead atoms. The van der Waals surface area contributed by atoms with Crippen LogP contribution in [-0.2, 0) is 9.47 Å². The lowest BCUT2D eigenvalue weighted by atomic mass is 10.0. The van der Waals surface area contributed by atoms with Gasteiger partial charge in [-0.3, -0.25) is 4.90 Å². The van der Waals surface area contributed by atoms with E-state index in [1.165, 1.54) is 12.0 Å².